The molecule has 0 saturated heterocycles. The van der Waals surface area contributed by atoms with Crippen LogP contribution in [0.3, 0.4) is 0 Å². The first-order chi connectivity index (χ1) is 10.7. The van der Waals surface area contributed by atoms with Crippen molar-refractivity contribution < 1.29 is 22.4 Å². The van der Waals surface area contributed by atoms with E-state index >= 15 is 0 Å². The van der Waals surface area contributed by atoms with Gasteiger partial charge in [0.15, 0.2) is 8.29 Å². The van der Waals surface area contributed by atoms with E-state index in [2.05, 4.69) is 5.10 Å². The molecule has 11 heteroatoms. The summed E-state index contributed by atoms with van der Waals surface area (Å²) in [5, 5.41) is 5.93. The lowest BCUT2D eigenvalue weighted by Gasteiger charge is -2.07. The lowest BCUT2D eigenvalue weighted by atomic mass is 10.3. The standard InChI is InChI=1S/C12H9F4N3OS3/c13-7-1-3-8(4-2-7)19-11(21)23-10(18-19)22-5-9(20)17-6-12(14,15)16/h1-4H,5-6H2,(H,17,20). The van der Waals surface area contributed by atoms with Crippen LogP contribution in [-0.4, -0.2) is 34.2 Å². The monoisotopic (exact) mass is 383 g/mol. The average molecular weight is 383 g/mol. The first-order valence-corrected chi connectivity index (χ1v) is 8.28. The lowest BCUT2D eigenvalue weighted by molar-refractivity contribution is -0.136. The van der Waals surface area contributed by atoms with Crippen molar-refractivity contribution in [3.05, 3.63) is 34.0 Å². The van der Waals surface area contributed by atoms with Gasteiger partial charge < -0.3 is 5.32 Å². The second-order valence-corrected chi connectivity index (χ2v) is 7.05. The van der Waals surface area contributed by atoms with Crippen molar-refractivity contribution in [1.82, 2.24) is 15.1 Å². The Morgan fingerprint density at radius 1 is 1.35 bits per heavy atom. The summed E-state index contributed by atoms with van der Waals surface area (Å²) in [7, 11) is 0. The Bertz CT molecular complexity index is 739. The zero-order valence-corrected chi connectivity index (χ0v) is 13.7. The van der Waals surface area contributed by atoms with Crippen molar-refractivity contribution in [2.45, 2.75) is 10.5 Å². The van der Waals surface area contributed by atoms with E-state index in [-0.39, 0.29) is 5.75 Å². The molecule has 0 saturated carbocycles. The zero-order valence-electron chi connectivity index (χ0n) is 11.3. The van der Waals surface area contributed by atoms with E-state index in [4.69, 9.17) is 12.2 Å². The summed E-state index contributed by atoms with van der Waals surface area (Å²) in [5.74, 6) is -1.35. The quantitative estimate of drug-likeness (QED) is 0.487. The lowest BCUT2D eigenvalue weighted by Crippen LogP contribution is -2.34. The van der Waals surface area contributed by atoms with Gasteiger partial charge in [0.05, 0.1) is 11.4 Å². The molecule has 0 aliphatic carbocycles. The van der Waals surface area contributed by atoms with Gasteiger partial charge in [-0.25, -0.2) is 9.07 Å². The number of aromatic nitrogens is 2. The first kappa shape index (κ1) is 17.9. The van der Waals surface area contributed by atoms with E-state index in [1.54, 1.807) is 5.32 Å². The number of rotatable bonds is 5. The Kier molecular flexibility index (Phi) is 5.76. The summed E-state index contributed by atoms with van der Waals surface area (Å²) in [6.45, 7) is -1.37. The summed E-state index contributed by atoms with van der Waals surface area (Å²) >= 11 is 7.22. The topological polar surface area (TPSA) is 46.9 Å². The molecule has 0 aliphatic rings. The summed E-state index contributed by atoms with van der Waals surface area (Å²) < 4.78 is 51.0. The van der Waals surface area contributed by atoms with E-state index in [0.717, 1.165) is 23.1 Å². The van der Waals surface area contributed by atoms with E-state index in [0.29, 0.717) is 14.0 Å². The van der Waals surface area contributed by atoms with Gasteiger partial charge in [-0.1, -0.05) is 23.1 Å². The number of hydrogen-bond donors (Lipinski definition) is 1. The van der Waals surface area contributed by atoms with Gasteiger partial charge in [0.2, 0.25) is 5.91 Å². The molecule has 2 aromatic rings. The van der Waals surface area contributed by atoms with Crippen LogP contribution in [0.5, 0.6) is 0 Å². The van der Waals surface area contributed by atoms with Gasteiger partial charge in [-0.3, -0.25) is 4.79 Å². The number of carbonyl (C=O) groups excluding carboxylic acids is 1. The molecule has 0 unspecified atom stereocenters. The SMILES string of the molecule is O=C(CSc1nn(-c2ccc(F)cc2)c(=S)s1)NCC(F)(F)F. The summed E-state index contributed by atoms with van der Waals surface area (Å²) in [5.41, 5.74) is 0.557. The smallest absolute Gasteiger partial charge is 0.346 e. The minimum atomic E-state index is -4.44. The maximum Gasteiger partial charge on any atom is 0.405 e. The van der Waals surface area contributed by atoms with Gasteiger partial charge in [0.25, 0.3) is 0 Å². The second-order valence-electron chi connectivity index (χ2n) is 4.20. The summed E-state index contributed by atoms with van der Waals surface area (Å²) in [6.07, 6.45) is -4.44. The van der Waals surface area contributed by atoms with Gasteiger partial charge in [0.1, 0.15) is 12.4 Å². The Morgan fingerprint density at radius 2 is 2.00 bits per heavy atom. The molecule has 1 aromatic carbocycles. The third-order valence-electron chi connectivity index (χ3n) is 2.41. The molecule has 4 nitrogen and oxygen atoms in total. The fourth-order valence-corrected chi connectivity index (χ4v) is 3.63. The first-order valence-electron chi connectivity index (χ1n) is 6.07. The highest BCUT2D eigenvalue weighted by Crippen LogP contribution is 2.24. The predicted octanol–water partition coefficient (Wildman–Crippen LogP) is 3.57. The third-order valence-corrected chi connectivity index (χ3v) is 4.78. The molecule has 0 radical (unpaired) electrons. The van der Waals surface area contributed by atoms with Gasteiger partial charge in [-0.15, -0.1) is 5.10 Å². The van der Waals surface area contributed by atoms with Gasteiger partial charge in [-0.05, 0) is 36.5 Å². The van der Waals surface area contributed by atoms with Crippen LogP contribution in [0, 0.1) is 9.77 Å². The van der Waals surface area contributed by atoms with Crippen LogP contribution in [0.4, 0.5) is 17.6 Å². The number of amides is 1. The van der Waals surface area contributed by atoms with Gasteiger partial charge in [0, 0.05) is 0 Å². The molecule has 1 aromatic heterocycles. The van der Waals surface area contributed by atoms with Crippen molar-refractivity contribution in [3.63, 3.8) is 0 Å². The molecule has 2 rings (SSSR count). The summed E-state index contributed by atoms with van der Waals surface area (Å²) in [6, 6.07) is 5.51. The van der Waals surface area contributed by atoms with Crippen molar-refractivity contribution in [2.24, 2.45) is 0 Å². The van der Waals surface area contributed by atoms with E-state index in [1.807, 2.05) is 0 Å². The highest BCUT2D eigenvalue weighted by Gasteiger charge is 2.27. The van der Waals surface area contributed by atoms with Crippen LogP contribution in [0.15, 0.2) is 28.6 Å². The Morgan fingerprint density at radius 3 is 2.61 bits per heavy atom. The second kappa shape index (κ2) is 7.41. The largest absolute Gasteiger partial charge is 0.405 e. The number of hydrogen-bond acceptors (Lipinski definition) is 5. The fraction of sp³-hybridized carbons (Fsp3) is 0.250. The van der Waals surface area contributed by atoms with Crippen molar-refractivity contribution in [2.75, 3.05) is 12.3 Å². The molecular formula is C12H9F4N3OS3. The fourth-order valence-electron chi connectivity index (χ4n) is 1.44. The van der Waals surface area contributed by atoms with Crippen LogP contribution in [0.2, 0.25) is 0 Å². The van der Waals surface area contributed by atoms with Crippen LogP contribution < -0.4 is 5.32 Å². The number of alkyl halides is 3. The molecule has 0 aliphatic heterocycles. The minimum Gasteiger partial charge on any atom is -0.346 e. The van der Waals surface area contributed by atoms with Crippen molar-refractivity contribution in [1.29, 1.82) is 0 Å². The molecule has 1 N–H and O–H groups in total. The molecule has 1 amide bonds. The number of nitrogens with zero attached hydrogens (tertiary/aromatic N) is 2. The number of carbonyl (C=O) groups is 1. The molecule has 0 bridgehead atoms. The maximum atomic E-state index is 12.9. The van der Waals surface area contributed by atoms with Gasteiger partial charge >= 0.3 is 6.18 Å². The molecule has 124 valence electrons. The van der Waals surface area contributed by atoms with Crippen LogP contribution in [-0.2, 0) is 4.79 Å². The van der Waals surface area contributed by atoms with E-state index in [1.165, 1.54) is 28.9 Å². The maximum absolute atomic E-state index is 12.9. The van der Waals surface area contributed by atoms with Crippen molar-refractivity contribution >= 4 is 41.2 Å². The Hall–Kier alpha value is -1.46. The Balaban J connectivity index is 1.97. The molecule has 23 heavy (non-hydrogen) atoms. The zero-order chi connectivity index (χ0) is 17.0. The highest BCUT2D eigenvalue weighted by molar-refractivity contribution is 8.01. The normalized spacial score (nSPS) is 11.5. The highest BCUT2D eigenvalue weighted by atomic mass is 32.2. The molecule has 0 spiro atoms. The molecule has 0 atom stereocenters. The van der Waals surface area contributed by atoms with Gasteiger partial charge in [-0.2, -0.15) is 13.2 Å². The third kappa shape index (κ3) is 5.59. The Labute approximate surface area is 141 Å². The van der Waals surface area contributed by atoms with Crippen molar-refractivity contribution in [3.8, 4) is 5.69 Å². The predicted molar refractivity (Wildman–Crippen MR) is 82.0 cm³/mol. The number of nitrogens with one attached hydrogen (secondary N) is 1. The van der Waals surface area contributed by atoms with Crippen LogP contribution >= 0.6 is 35.3 Å². The van der Waals surface area contributed by atoms with Crippen LogP contribution in [0.1, 0.15) is 0 Å². The number of benzene rings is 1. The number of halogens is 4. The van der Waals surface area contributed by atoms with E-state index in [9.17, 15) is 22.4 Å². The van der Waals surface area contributed by atoms with E-state index < -0.39 is 24.4 Å². The average Bonchev–Trinajstić information content (AvgIpc) is 2.84. The summed E-state index contributed by atoms with van der Waals surface area (Å²) in [4.78, 5) is 11.3. The van der Waals surface area contributed by atoms with Crippen LogP contribution in [0.25, 0.3) is 5.69 Å². The molecular weight excluding hydrogens is 374 g/mol. The molecule has 0 fully saturated rings. The minimum absolute atomic E-state index is 0.207. The molecule has 1 heterocycles. The number of thioether (sulfide) groups is 1.